The lowest BCUT2D eigenvalue weighted by Crippen LogP contribution is -2.77. The van der Waals surface area contributed by atoms with Crippen LogP contribution in [0.1, 0.15) is 83.1 Å². The maximum atomic E-state index is 14.0. The Hall–Kier alpha value is -1.82. The highest BCUT2D eigenvalue weighted by molar-refractivity contribution is 7.87. The van der Waals surface area contributed by atoms with Gasteiger partial charge in [-0.1, -0.05) is 83.1 Å². The third-order valence-electron chi connectivity index (χ3n) is 6.92. The molecule has 0 radical (unpaired) electrons. The van der Waals surface area contributed by atoms with Crippen LogP contribution in [0, 0.1) is 21.7 Å². The second-order valence-electron chi connectivity index (χ2n) is 14.9. The van der Waals surface area contributed by atoms with Gasteiger partial charge in [0.25, 0.3) is 5.79 Å². The average molecular weight is 649 g/mol. The van der Waals surface area contributed by atoms with Crippen LogP contribution in [0.15, 0.2) is 0 Å². The molecule has 1 rings (SSSR count). The van der Waals surface area contributed by atoms with Crippen LogP contribution in [0.5, 0.6) is 0 Å². The van der Waals surface area contributed by atoms with E-state index in [1.54, 1.807) is 0 Å². The monoisotopic (exact) mass is 648 g/mol. The van der Waals surface area contributed by atoms with Gasteiger partial charge in [0.2, 0.25) is 11.4 Å². The zero-order valence-electron chi connectivity index (χ0n) is 26.3. The fraction of sp³-hybridized carbons (Fsp3) is 0.852. The minimum absolute atomic E-state index is 1.12. The van der Waals surface area contributed by atoms with Gasteiger partial charge in [0.15, 0.2) is 23.0 Å². The van der Waals surface area contributed by atoms with E-state index in [0.29, 0.717) is 0 Å². The molecule has 1 saturated heterocycles. The van der Waals surface area contributed by atoms with Gasteiger partial charge in [0.05, 0.1) is 0 Å². The molecule has 1 aliphatic heterocycles. The van der Waals surface area contributed by atoms with E-state index in [4.69, 9.17) is 4.74 Å². The summed E-state index contributed by atoms with van der Waals surface area (Å²) in [6.07, 6.45) is -9.37. The predicted molar refractivity (Wildman–Crippen MR) is 143 cm³/mol. The van der Waals surface area contributed by atoms with E-state index < -0.39 is 95.7 Å². The third-order valence-corrected chi connectivity index (χ3v) is 7.96. The topological polar surface area (TPSA) is 202 Å². The van der Waals surface area contributed by atoms with Crippen molar-refractivity contribution >= 4 is 33.3 Å². The number of ether oxygens (including phenoxy) is 1. The molecule has 1 aliphatic rings. The molecule has 250 valence electrons. The number of aliphatic hydroxyl groups is 4. The van der Waals surface area contributed by atoms with Crippen molar-refractivity contribution in [1.29, 1.82) is 0 Å². The van der Waals surface area contributed by atoms with Gasteiger partial charge >= 0.3 is 15.6 Å². The van der Waals surface area contributed by atoms with Crippen LogP contribution in [-0.4, -0.2) is 92.8 Å². The van der Waals surface area contributed by atoms with Crippen molar-refractivity contribution in [3.05, 3.63) is 0 Å². The van der Waals surface area contributed by atoms with E-state index in [9.17, 15) is 61.2 Å². The van der Waals surface area contributed by atoms with Crippen molar-refractivity contribution in [2.75, 3.05) is 0 Å². The molecule has 0 aromatic heterocycles. The quantitative estimate of drug-likeness (QED) is 0.219. The van der Waals surface area contributed by atoms with Crippen LogP contribution in [0.3, 0.4) is 0 Å². The number of hydrogen-bond donors (Lipinski definition) is 4. The van der Waals surface area contributed by atoms with Gasteiger partial charge < -0.3 is 25.2 Å². The first-order valence-electron chi connectivity index (χ1n) is 13.2. The van der Waals surface area contributed by atoms with Crippen LogP contribution in [0.4, 0.5) is 13.2 Å². The number of carbonyl (C=O) groups is 4. The second-order valence-corrected chi connectivity index (χ2v) is 16.5. The van der Waals surface area contributed by atoms with E-state index in [1.807, 2.05) is 0 Å². The van der Waals surface area contributed by atoms with Gasteiger partial charge in [-0.2, -0.15) is 21.6 Å². The Bertz CT molecular complexity index is 1260. The number of carbonyl (C=O) groups excluding carboxylic acids is 4. The number of aliphatic hydroxyl groups excluding tert-OH is 1. The van der Waals surface area contributed by atoms with Gasteiger partial charge in [0.1, 0.15) is 18.3 Å². The number of hydrogen-bond acceptors (Lipinski definition) is 12. The number of ketones is 4. The number of alkyl halides is 3. The standard InChI is InChI=1S/C27H43F3O12S/c1-20(2,3)15(32)13(31)14(42-43(39,40)27(28,29)30)16-24(36,17(33)21(4,5)6)25(37,18(34)22(7,8)9)26(38,41-16)19(35)23(10,11)12/h13-14,16,31,36-38H,1-12H3/t13?,14-,16+,24-,25-,26+/m1/s1. The van der Waals surface area contributed by atoms with Crippen molar-refractivity contribution in [3.8, 4) is 0 Å². The van der Waals surface area contributed by atoms with Crippen LogP contribution < -0.4 is 0 Å². The van der Waals surface area contributed by atoms with Gasteiger partial charge in [-0.3, -0.25) is 23.4 Å². The first-order valence-corrected chi connectivity index (χ1v) is 14.6. The van der Waals surface area contributed by atoms with Crippen molar-refractivity contribution in [1.82, 2.24) is 0 Å². The summed E-state index contributed by atoms with van der Waals surface area (Å²) < 4.78 is 74.6. The normalized spacial score (nSPS) is 29.2. The maximum Gasteiger partial charge on any atom is 0.523 e. The molecule has 16 heteroatoms. The predicted octanol–water partition coefficient (Wildman–Crippen LogP) is 1.59. The molecule has 4 N–H and O–H groups in total. The molecule has 0 bridgehead atoms. The van der Waals surface area contributed by atoms with E-state index in [1.165, 1.54) is 20.8 Å². The Morgan fingerprint density at radius 1 is 0.721 bits per heavy atom. The molecule has 0 spiro atoms. The molecule has 0 amide bonds. The molecule has 0 saturated carbocycles. The van der Waals surface area contributed by atoms with Crippen molar-refractivity contribution in [3.63, 3.8) is 0 Å². The third kappa shape index (κ3) is 6.47. The smallest absolute Gasteiger partial charge is 0.382 e. The van der Waals surface area contributed by atoms with E-state index >= 15 is 0 Å². The fourth-order valence-electron chi connectivity index (χ4n) is 4.65. The molecule has 1 fully saturated rings. The number of Topliss-reactive ketones (excluding diaryl/α,β-unsaturated/α-hetero) is 4. The lowest BCUT2D eigenvalue weighted by atomic mass is 9.59. The van der Waals surface area contributed by atoms with E-state index in [-0.39, 0.29) is 0 Å². The van der Waals surface area contributed by atoms with E-state index in [2.05, 4.69) is 4.18 Å². The summed E-state index contributed by atoms with van der Waals surface area (Å²) >= 11 is 0. The highest BCUT2D eigenvalue weighted by Gasteiger charge is 2.85. The number of halogens is 3. The van der Waals surface area contributed by atoms with E-state index in [0.717, 1.165) is 62.3 Å². The molecule has 43 heavy (non-hydrogen) atoms. The Balaban J connectivity index is 4.52. The molecule has 6 atom stereocenters. The van der Waals surface area contributed by atoms with Crippen LogP contribution in [0.25, 0.3) is 0 Å². The Morgan fingerprint density at radius 2 is 1.09 bits per heavy atom. The number of rotatable bonds is 8. The van der Waals surface area contributed by atoms with Crippen LogP contribution in [-0.2, 0) is 38.2 Å². The van der Waals surface area contributed by atoms with Crippen LogP contribution in [0.2, 0.25) is 0 Å². The summed E-state index contributed by atoms with van der Waals surface area (Å²) in [6, 6.07) is 0. The molecular formula is C27H43F3O12S. The largest absolute Gasteiger partial charge is 0.523 e. The van der Waals surface area contributed by atoms with Gasteiger partial charge in [-0.25, -0.2) is 0 Å². The van der Waals surface area contributed by atoms with Gasteiger partial charge in [-0.05, 0) is 0 Å². The molecule has 12 nitrogen and oxygen atoms in total. The molecular weight excluding hydrogens is 605 g/mol. The molecule has 0 aromatic rings. The minimum Gasteiger partial charge on any atom is -0.382 e. The molecule has 1 unspecified atom stereocenters. The zero-order chi connectivity index (χ0) is 35.0. The molecule has 1 heterocycles. The Kier molecular flexibility index (Phi) is 9.95. The first kappa shape index (κ1) is 39.2. The molecule has 0 aromatic carbocycles. The first-order chi connectivity index (χ1) is 18.5. The zero-order valence-corrected chi connectivity index (χ0v) is 27.1. The van der Waals surface area contributed by atoms with Gasteiger partial charge in [0, 0.05) is 21.7 Å². The Labute approximate surface area is 249 Å². The summed E-state index contributed by atoms with van der Waals surface area (Å²) in [4.78, 5) is 54.7. The fourth-order valence-corrected chi connectivity index (χ4v) is 5.25. The van der Waals surface area contributed by atoms with Gasteiger partial charge in [-0.15, -0.1) is 0 Å². The maximum absolute atomic E-state index is 14.0. The molecule has 0 aliphatic carbocycles. The second kappa shape index (κ2) is 10.9. The highest BCUT2D eigenvalue weighted by atomic mass is 32.2. The van der Waals surface area contributed by atoms with Crippen molar-refractivity contribution in [2.45, 2.75) is 124 Å². The Morgan fingerprint density at radius 3 is 1.40 bits per heavy atom. The minimum atomic E-state index is -6.79. The summed E-state index contributed by atoms with van der Waals surface area (Å²) in [5.41, 5.74) is -21.4. The summed E-state index contributed by atoms with van der Waals surface area (Å²) in [5, 5.41) is 47.2. The van der Waals surface area contributed by atoms with Crippen molar-refractivity contribution < 1.29 is 70.1 Å². The summed E-state index contributed by atoms with van der Waals surface area (Å²) in [6.45, 7) is 13.8. The highest BCUT2D eigenvalue weighted by Crippen LogP contribution is 2.55. The lowest BCUT2D eigenvalue weighted by Gasteiger charge is -2.47. The SMILES string of the molecule is CC(C)(C)C(=O)C(O)[C@@H](OS(=O)(=O)C(F)(F)F)[C@@H]1O[C@@](O)(C(=O)C(C)(C)C)[C@@](O)(C(=O)C(C)(C)C)[C@]1(O)C(=O)C(C)(C)C. The summed E-state index contributed by atoms with van der Waals surface area (Å²) in [7, 11) is -6.79. The average Bonchev–Trinajstić information content (AvgIpc) is 2.97. The van der Waals surface area contributed by atoms with Crippen LogP contribution >= 0.6 is 0 Å². The summed E-state index contributed by atoms with van der Waals surface area (Å²) in [5.74, 6) is -10.2. The van der Waals surface area contributed by atoms with Crippen molar-refractivity contribution in [2.24, 2.45) is 21.7 Å². The lowest BCUT2D eigenvalue weighted by molar-refractivity contribution is -0.260.